The number of anilines is 1. The topological polar surface area (TPSA) is 112 Å². The van der Waals surface area contributed by atoms with E-state index in [1.807, 2.05) is 42.5 Å². The number of nitrogens with one attached hydrogen (secondary N) is 2. The summed E-state index contributed by atoms with van der Waals surface area (Å²) in [7, 11) is 1.66. The van der Waals surface area contributed by atoms with E-state index < -0.39 is 11.8 Å². The lowest BCUT2D eigenvalue weighted by atomic mass is 10.1. The molecule has 0 atom stereocenters. The number of amides is 2. The van der Waals surface area contributed by atoms with Crippen molar-refractivity contribution in [1.29, 1.82) is 0 Å². The van der Waals surface area contributed by atoms with Gasteiger partial charge in [-0.15, -0.1) is 0 Å². The molecule has 9 heteroatoms. The average Bonchev–Trinajstić information content (AvgIpc) is 3.62. The second-order valence-electron chi connectivity index (χ2n) is 7.84. The van der Waals surface area contributed by atoms with E-state index in [1.165, 1.54) is 10.9 Å². The fraction of sp³-hybridized carbons (Fsp3) is 0.115. The Bertz CT molecular complexity index is 1480. The van der Waals surface area contributed by atoms with Crippen molar-refractivity contribution < 1.29 is 23.2 Å². The van der Waals surface area contributed by atoms with E-state index >= 15 is 0 Å². The zero-order chi connectivity index (χ0) is 24.2. The molecule has 5 rings (SSSR count). The van der Waals surface area contributed by atoms with Crippen molar-refractivity contribution in [3.63, 3.8) is 0 Å². The molecule has 0 spiro atoms. The quantitative estimate of drug-likeness (QED) is 0.345. The molecular weight excluding hydrogens is 448 g/mol. The predicted octanol–water partition coefficient (Wildman–Crippen LogP) is 4.52. The number of aryl methyl sites for hydroxylation is 1. The van der Waals surface area contributed by atoms with E-state index in [0.717, 1.165) is 10.8 Å². The Labute approximate surface area is 200 Å². The molecule has 0 aliphatic carbocycles. The van der Waals surface area contributed by atoms with E-state index in [-0.39, 0.29) is 30.3 Å². The Kier molecular flexibility index (Phi) is 6.04. The summed E-state index contributed by atoms with van der Waals surface area (Å²) in [6, 6.07) is 20.6. The van der Waals surface area contributed by atoms with Crippen LogP contribution in [0.25, 0.3) is 10.8 Å². The number of carbonyl (C=O) groups excluding carboxylic acids is 2. The molecule has 2 N–H and O–H groups in total. The van der Waals surface area contributed by atoms with Crippen LogP contribution in [0.15, 0.2) is 88.0 Å². The van der Waals surface area contributed by atoms with Gasteiger partial charge < -0.3 is 24.2 Å². The second kappa shape index (κ2) is 9.60. The summed E-state index contributed by atoms with van der Waals surface area (Å²) in [4.78, 5) is 25.3. The van der Waals surface area contributed by atoms with Gasteiger partial charge in [0, 0.05) is 13.2 Å². The van der Waals surface area contributed by atoms with Crippen LogP contribution in [-0.2, 0) is 20.2 Å². The number of hydrogen-bond donors (Lipinski definition) is 2. The second-order valence-corrected chi connectivity index (χ2v) is 7.84. The smallest absolute Gasteiger partial charge is 0.291 e. The fourth-order valence-corrected chi connectivity index (χ4v) is 3.59. The molecular formula is C26H22N4O5. The summed E-state index contributed by atoms with van der Waals surface area (Å²) in [5.74, 6) is 0.940. The number of fused-ring (bicyclic) bond motifs is 1. The summed E-state index contributed by atoms with van der Waals surface area (Å²) in [6.45, 7) is 0.369. The highest BCUT2D eigenvalue weighted by Gasteiger charge is 2.20. The number of aromatic nitrogens is 2. The van der Waals surface area contributed by atoms with Gasteiger partial charge in [0.15, 0.2) is 11.5 Å². The first-order chi connectivity index (χ1) is 17.0. The van der Waals surface area contributed by atoms with E-state index in [0.29, 0.717) is 17.3 Å². The van der Waals surface area contributed by atoms with Crippen LogP contribution < -0.4 is 15.4 Å². The van der Waals surface area contributed by atoms with Crippen LogP contribution in [-0.4, -0.2) is 21.6 Å². The maximum Gasteiger partial charge on any atom is 0.291 e. The zero-order valence-corrected chi connectivity index (χ0v) is 18.9. The molecule has 0 saturated carbocycles. The summed E-state index contributed by atoms with van der Waals surface area (Å²) in [6.07, 6.45) is 3.07. The Hall–Kier alpha value is -4.79. The molecule has 2 aromatic carbocycles. The minimum absolute atomic E-state index is 0.0822. The largest absolute Gasteiger partial charge is 0.486 e. The van der Waals surface area contributed by atoms with Crippen LogP contribution in [0.1, 0.15) is 32.6 Å². The summed E-state index contributed by atoms with van der Waals surface area (Å²) < 4.78 is 18.1. The molecule has 176 valence electrons. The third kappa shape index (κ3) is 5.09. The first kappa shape index (κ1) is 22.0. The molecule has 0 fully saturated rings. The molecule has 5 aromatic rings. The number of nitrogens with zero attached hydrogens (tertiary/aromatic N) is 2. The third-order valence-corrected chi connectivity index (χ3v) is 5.28. The maximum atomic E-state index is 12.7. The Morgan fingerprint density at radius 1 is 0.971 bits per heavy atom. The van der Waals surface area contributed by atoms with Gasteiger partial charge in [-0.25, -0.2) is 0 Å². The SMILES string of the molecule is Cn1cc(NC(=O)c2ccc(COc3ccc4ccccc4c3)o2)c(C(=O)NCc2ccco2)n1. The fourth-order valence-electron chi connectivity index (χ4n) is 3.59. The van der Waals surface area contributed by atoms with Crippen molar-refractivity contribution in [2.24, 2.45) is 7.05 Å². The predicted molar refractivity (Wildman–Crippen MR) is 128 cm³/mol. The Morgan fingerprint density at radius 2 is 1.83 bits per heavy atom. The van der Waals surface area contributed by atoms with Crippen molar-refractivity contribution in [2.45, 2.75) is 13.2 Å². The van der Waals surface area contributed by atoms with E-state index in [2.05, 4.69) is 15.7 Å². The molecule has 0 bridgehead atoms. The Morgan fingerprint density at radius 3 is 2.66 bits per heavy atom. The normalized spacial score (nSPS) is 10.9. The van der Waals surface area contributed by atoms with E-state index in [4.69, 9.17) is 13.6 Å². The lowest BCUT2D eigenvalue weighted by Crippen LogP contribution is -2.25. The number of ether oxygens (including phenoxy) is 1. The summed E-state index contributed by atoms with van der Waals surface area (Å²) in [5.41, 5.74) is 0.346. The monoisotopic (exact) mass is 470 g/mol. The molecule has 0 unspecified atom stereocenters. The lowest BCUT2D eigenvalue weighted by Gasteiger charge is -2.06. The van der Waals surface area contributed by atoms with Gasteiger partial charge in [-0.2, -0.15) is 5.10 Å². The number of furan rings is 2. The van der Waals surface area contributed by atoms with Crippen molar-refractivity contribution in [3.8, 4) is 5.75 Å². The highest BCUT2D eigenvalue weighted by atomic mass is 16.5. The minimum atomic E-state index is -0.505. The number of benzene rings is 2. The number of carbonyl (C=O) groups is 2. The standard InChI is InChI=1S/C26H22N4O5/c1-30-15-22(24(29-30)26(32)27-14-20-7-4-12-33-20)28-25(31)23-11-10-21(35-23)16-34-19-9-8-17-5-2-3-6-18(17)13-19/h2-13,15H,14,16H2,1H3,(H,27,32)(H,28,31). The number of hydrogen-bond acceptors (Lipinski definition) is 6. The van der Waals surface area contributed by atoms with Gasteiger partial charge in [0.2, 0.25) is 0 Å². The van der Waals surface area contributed by atoms with Gasteiger partial charge in [0.25, 0.3) is 11.8 Å². The maximum absolute atomic E-state index is 12.7. The van der Waals surface area contributed by atoms with Gasteiger partial charge in [0.05, 0.1) is 18.5 Å². The first-order valence-electron chi connectivity index (χ1n) is 10.9. The highest BCUT2D eigenvalue weighted by molar-refractivity contribution is 6.07. The van der Waals surface area contributed by atoms with Crippen LogP contribution in [0.4, 0.5) is 5.69 Å². The summed E-state index contributed by atoms with van der Waals surface area (Å²) >= 11 is 0. The van der Waals surface area contributed by atoms with Crippen molar-refractivity contribution in [2.75, 3.05) is 5.32 Å². The van der Waals surface area contributed by atoms with Crippen LogP contribution in [0.5, 0.6) is 5.75 Å². The molecule has 2 amide bonds. The Balaban J connectivity index is 1.21. The third-order valence-electron chi connectivity index (χ3n) is 5.28. The van der Waals surface area contributed by atoms with Crippen molar-refractivity contribution in [1.82, 2.24) is 15.1 Å². The average molecular weight is 470 g/mol. The van der Waals surface area contributed by atoms with E-state index in [1.54, 1.807) is 37.5 Å². The molecule has 3 heterocycles. The highest BCUT2D eigenvalue weighted by Crippen LogP contribution is 2.22. The zero-order valence-electron chi connectivity index (χ0n) is 18.9. The minimum Gasteiger partial charge on any atom is -0.486 e. The molecule has 0 aliphatic heterocycles. The molecule has 9 nitrogen and oxygen atoms in total. The molecule has 0 saturated heterocycles. The van der Waals surface area contributed by atoms with Gasteiger partial charge in [-0.05, 0) is 47.2 Å². The van der Waals surface area contributed by atoms with Crippen LogP contribution in [0.2, 0.25) is 0 Å². The van der Waals surface area contributed by atoms with E-state index in [9.17, 15) is 9.59 Å². The first-order valence-corrected chi connectivity index (χ1v) is 10.9. The molecule has 0 aliphatic rings. The lowest BCUT2D eigenvalue weighted by molar-refractivity contribution is 0.0943. The molecule has 0 radical (unpaired) electrons. The summed E-state index contributed by atoms with van der Waals surface area (Å²) in [5, 5.41) is 11.8. The van der Waals surface area contributed by atoms with Crippen LogP contribution in [0.3, 0.4) is 0 Å². The van der Waals surface area contributed by atoms with Gasteiger partial charge in [-0.3, -0.25) is 14.3 Å². The van der Waals surface area contributed by atoms with Crippen molar-refractivity contribution >= 4 is 28.3 Å². The number of rotatable bonds is 8. The molecule has 35 heavy (non-hydrogen) atoms. The molecule has 3 aromatic heterocycles. The van der Waals surface area contributed by atoms with Crippen molar-refractivity contribution in [3.05, 3.63) is 102 Å². The van der Waals surface area contributed by atoms with Gasteiger partial charge >= 0.3 is 0 Å². The van der Waals surface area contributed by atoms with Gasteiger partial charge in [0.1, 0.15) is 23.9 Å². The van der Waals surface area contributed by atoms with Crippen LogP contribution in [0, 0.1) is 0 Å². The van der Waals surface area contributed by atoms with Gasteiger partial charge in [-0.1, -0.05) is 30.3 Å². The van der Waals surface area contributed by atoms with Crippen LogP contribution >= 0.6 is 0 Å².